The van der Waals surface area contributed by atoms with Crippen LogP contribution in [-0.4, -0.2) is 20.2 Å². The summed E-state index contributed by atoms with van der Waals surface area (Å²) in [5, 5.41) is 0.285. The van der Waals surface area contributed by atoms with Gasteiger partial charge in [-0.1, -0.05) is 85.7 Å². The van der Waals surface area contributed by atoms with Crippen molar-refractivity contribution in [3.63, 3.8) is 0 Å². The van der Waals surface area contributed by atoms with Crippen LogP contribution < -0.4 is 0 Å². The topological polar surface area (TPSA) is 26.3 Å². The van der Waals surface area contributed by atoms with Crippen molar-refractivity contribution in [1.29, 1.82) is 0 Å². The zero-order chi connectivity index (χ0) is 18.3. The molecule has 0 N–H and O–H groups in total. The summed E-state index contributed by atoms with van der Waals surface area (Å²) < 4.78 is 6.91. The van der Waals surface area contributed by atoms with E-state index in [1.807, 2.05) is 30.3 Å². The molecule has 1 aliphatic rings. The van der Waals surface area contributed by atoms with Gasteiger partial charge >= 0.3 is 0 Å². The highest BCUT2D eigenvalue weighted by molar-refractivity contribution is 6.81. The average Bonchev–Trinajstić information content (AvgIpc) is 2.73. The second-order valence-electron chi connectivity index (χ2n) is 9.53. The molecule has 3 atom stereocenters. The molecule has 3 heteroatoms. The lowest BCUT2D eigenvalue weighted by Crippen LogP contribution is -2.55. The maximum Gasteiger partial charge on any atom is 0.206 e. The Kier molecular flexibility index (Phi) is 5.18. The fourth-order valence-electron chi connectivity index (χ4n) is 5.14. The summed E-state index contributed by atoms with van der Waals surface area (Å²) >= 11 is 0. The molecule has 0 unspecified atom stereocenters. The fraction of sp³-hybridized carbons (Fsp3) is 0.667. The van der Waals surface area contributed by atoms with Gasteiger partial charge in [0.1, 0.15) is 0 Å². The third-order valence-corrected chi connectivity index (χ3v) is 13.0. The molecule has 2 nitrogen and oxygen atoms in total. The van der Waals surface area contributed by atoms with Crippen LogP contribution in [0.25, 0.3) is 0 Å². The minimum Gasteiger partial charge on any atom is -0.412 e. The largest absolute Gasteiger partial charge is 0.412 e. The molecule has 1 saturated heterocycles. The lowest BCUT2D eigenvalue weighted by atomic mass is 9.95. The summed E-state index contributed by atoms with van der Waals surface area (Å²) in [6.45, 7) is 18.6. The van der Waals surface area contributed by atoms with Crippen LogP contribution in [-0.2, 0) is 4.43 Å². The maximum absolute atomic E-state index is 12.7. The van der Waals surface area contributed by atoms with Crippen molar-refractivity contribution in [2.45, 2.75) is 83.5 Å². The monoisotopic (exact) mass is 346 g/mol. The molecule has 0 spiro atoms. The first-order valence-electron chi connectivity index (χ1n) is 9.18. The Morgan fingerprint density at radius 1 is 1.00 bits per heavy atom. The Morgan fingerprint density at radius 3 is 1.92 bits per heavy atom. The second kappa shape index (κ2) is 6.42. The van der Waals surface area contributed by atoms with E-state index in [0.29, 0.717) is 17.9 Å². The Balaban J connectivity index is 2.31. The summed E-state index contributed by atoms with van der Waals surface area (Å²) in [5.74, 6) is 0.620. The Labute approximate surface area is 149 Å². The standard InChI is InChI=1S/C21H34O2Si/c1-15-16(2)24(20(3,4)5,21(6,7)8)23-19(15)14-18(22)17-12-10-9-11-13-17/h9-13,15-16,19H,14H2,1-8H3/t15-,16+,19+/m0/s1. The molecule has 24 heavy (non-hydrogen) atoms. The van der Waals surface area contributed by atoms with Crippen LogP contribution in [0.5, 0.6) is 0 Å². The lowest BCUT2D eigenvalue weighted by Gasteiger charge is -2.51. The van der Waals surface area contributed by atoms with E-state index < -0.39 is 8.32 Å². The predicted molar refractivity (Wildman–Crippen MR) is 104 cm³/mol. The second-order valence-corrected chi connectivity index (χ2v) is 15.2. The fourth-order valence-corrected chi connectivity index (χ4v) is 12.8. The Bertz CT molecular complexity index is 566. The van der Waals surface area contributed by atoms with Gasteiger partial charge in [-0.2, -0.15) is 0 Å². The van der Waals surface area contributed by atoms with Crippen LogP contribution in [0.4, 0.5) is 0 Å². The molecular formula is C21H34O2Si. The quantitative estimate of drug-likeness (QED) is 0.479. The van der Waals surface area contributed by atoms with Crippen LogP contribution in [0, 0.1) is 5.92 Å². The van der Waals surface area contributed by atoms with E-state index in [0.717, 1.165) is 5.56 Å². The number of rotatable bonds is 3. The first kappa shape index (κ1) is 19.4. The molecule has 0 aliphatic carbocycles. The van der Waals surface area contributed by atoms with Crippen molar-refractivity contribution in [3.8, 4) is 0 Å². The van der Waals surface area contributed by atoms with E-state index in [-0.39, 0.29) is 22.0 Å². The van der Waals surface area contributed by atoms with E-state index >= 15 is 0 Å². The smallest absolute Gasteiger partial charge is 0.206 e. The van der Waals surface area contributed by atoms with Crippen molar-refractivity contribution in [1.82, 2.24) is 0 Å². The Morgan fingerprint density at radius 2 is 1.50 bits per heavy atom. The van der Waals surface area contributed by atoms with E-state index in [1.54, 1.807) is 0 Å². The van der Waals surface area contributed by atoms with Crippen LogP contribution in [0.2, 0.25) is 15.6 Å². The first-order valence-corrected chi connectivity index (χ1v) is 11.2. The number of carbonyl (C=O) groups excluding carboxylic acids is 1. The first-order chi connectivity index (χ1) is 10.9. The molecule has 1 aromatic rings. The molecule has 2 rings (SSSR count). The van der Waals surface area contributed by atoms with Gasteiger partial charge in [0.15, 0.2) is 5.78 Å². The summed E-state index contributed by atoms with van der Waals surface area (Å²) in [7, 11) is -2.09. The van der Waals surface area contributed by atoms with Gasteiger partial charge in [-0.3, -0.25) is 4.79 Å². The van der Waals surface area contributed by atoms with Gasteiger partial charge in [0.2, 0.25) is 8.32 Å². The molecule has 0 amide bonds. The highest BCUT2D eigenvalue weighted by Crippen LogP contribution is 2.63. The van der Waals surface area contributed by atoms with Crippen LogP contribution >= 0.6 is 0 Å². The zero-order valence-corrected chi connectivity index (χ0v) is 17.6. The van der Waals surface area contributed by atoms with Crippen molar-refractivity contribution in [3.05, 3.63) is 35.9 Å². The molecule has 1 aromatic carbocycles. The number of hydrogen-bond donors (Lipinski definition) is 0. The van der Waals surface area contributed by atoms with Gasteiger partial charge in [0.05, 0.1) is 6.10 Å². The number of Topliss-reactive ketones (excluding diaryl/α,β-unsaturated/α-hetero) is 1. The van der Waals surface area contributed by atoms with Crippen LogP contribution in [0.1, 0.15) is 72.2 Å². The molecule has 0 radical (unpaired) electrons. The lowest BCUT2D eigenvalue weighted by molar-refractivity contribution is 0.0871. The summed E-state index contributed by atoms with van der Waals surface area (Å²) in [4.78, 5) is 12.7. The van der Waals surface area contributed by atoms with Crippen molar-refractivity contribution < 1.29 is 9.22 Å². The van der Waals surface area contributed by atoms with Crippen LogP contribution in [0.3, 0.4) is 0 Å². The summed E-state index contributed by atoms with van der Waals surface area (Å²) in [6.07, 6.45) is 0.536. The average molecular weight is 347 g/mol. The van der Waals surface area contributed by atoms with E-state index in [9.17, 15) is 4.79 Å². The highest BCUT2D eigenvalue weighted by Gasteiger charge is 2.65. The predicted octanol–water partition coefficient (Wildman–Crippen LogP) is 6.23. The van der Waals surface area contributed by atoms with Gasteiger partial charge in [0.25, 0.3) is 0 Å². The molecule has 0 aromatic heterocycles. The van der Waals surface area contributed by atoms with Gasteiger partial charge < -0.3 is 4.43 Å². The number of benzene rings is 1. The Hall–Kier alpha value is -0.933. The van der Waals surface area contributed by atoms with Gasteiger partial charge in [-0.15, -0.1) is 0 Å². The van der Waals surface area contributed by atoms with Gasteiger partial charge in [-0.25, -0.2) is 0 Å². The number of carbonyl (C=O) groups is 1. The molecule has 1 aliphatic heterocycles. The molecular weight excluding hydrogens is 312 g/mol. The molecule has 1 heterocycles. The normalized spacial score (nSPS) is 27.2. The van der Waals surface area contributed by atoms with Gasteiger partial charge in [-0.05, 0) is 21.5 Å². The molecule has 1 fully saturated rings. The maximum atomic E-state index is 12.7. The molecule has 0 bridgehead atoms. The van der Waals surface area contributed by atoms with Crippen molar-refractivity contribution >= 4 is 14.1 Å². The van der Waals surface area contributed by atoms with E-state index in [2.05, 4.69) is 55.4 Å². The number of ketones is 1. The summed E-state index contributed by atoms with van der Waals surface area (Å²) in [6, 6.07) is 9.62. The van der Waals surface area contributed by atoms with Crippen LogP contribution in [0.15, 0.2) is 30.3 Å². The minimum absolute atomic E-state index is 0.0397. The SMILES string of the molecule is C[C@H]1[C@@H](C)[Si](C(C)(C)C)(C(C)(C)C)O[C@@H]1CC(=O)c1ccccc1. The third-order valence-electron chi connectivity index (χ3n) is 6.06. The van der Waals surface area contributed by atoms with E-state index in [1.165, 1.54) is 0 Å². The van der Waals surface area contributed by atoms with E-state index in [4.69, 9.17) is 4.43 Å². The molecule has 134 valence electrons. The van der Waals surface area contributed by atoms with Crippen molar-refractivity contribution in [2.24, 2.45) is 5.92 Å². The zero-order valence-electron chi connectivity index (χ0n) is 16.6. The van der Waals surface area contributed by atoms with Gasteiger partial charge in [0, 0.05) is 12.0 Å². The minimum atomic E-state index is -2.09. The van der Waals surface area contributed by atoms with Crippen molar-refractivity contribution in [2.75, 3.05) is 0 Å². The highest BCUT2D eigenvalue weighted by atomic mass is 28.4. The summed E-state index contributed by atoms with van der Waals surface area (Å²) in [5.41, 5.74) is 1.33. The number of hydrogen-bond acceptors (Lipinski definition) is 2. The molecule has 0 saturated carbocycles. The third kappa shape index (κ3) is 3.13.